The summed E-state index contributed by atoms with van der Waals surface area (Å²) in [6.07, 6.45) is 4.63. The average molecular weight is 305 g/mol. The van der Waals surface area contributed by atoms with Crippen LogP contribution in [0.3, 0.4) is 0 Å². The molecule has 0 aliphatic carbocycles. The number of halogens is 1. The number of nitrogens with zero attached hydrogens (tertiary/aromatic N) is 1. The van der Waals surface area contributed by atoms with Gasteiger partial charge in [0.05, 0.1) is 0 Å². The number of pyridine rings is 1. The fourth-order valence-corrected chi connectivity index (χ4v) is 2.48. The summed E-state index contributed by atoms with van der Waals surface area (Å²) in [4.78, 5) is 4.18. The van der Waals surface area contributed by atoms with E-state index in [1.807, 2.05) is 24.4 Å². The van der Waals surface area contributed by atoms with Crippen LogP contribution in [0.1, 0.15) is 24.1 Å². The summed E-state index contributed by atoms with van der Waals surface area (Å²) in [5.74, 6) is 0.378. The zero-order chi connectivity index (χ0) is 13.0. The molecule has 0 aliphatic heterocycles. The predicted molar refractivity (Wildman–Crippen MR) is 78.2 cm³/mol. The number of benzene rings is 1. The van der Waals surface area contributed by atoms with E-state index < -0.39 is 0 Å². The lowest BCUT2D eigenvalue weighted by molar-refractivity contribution is 0.467. The first-order valence-corrected chi connectivity index (χ1v) is 6.86. The monoisotopic (exact) mass is 304 g/mol. The first kappa shape index (κ1) is 13.2. The normalized spacial score (nSPS) is 14.2. The molecule has 3 heteroatoms. The molecule has 0 fully saturated rings. The summed E-state index contributed by atoms with van der Waals surface area (Å²) in [7, 11) is 0. The summed E-state index contributed by atoms with van der Waals surface area (Å²) in [5.41, 5.74) is 8.69. The number of hydrogen-bond donors (Lipinski definition) is 1. The molecule has 0 radical (unpaired) electrons. The Morgan fingerprint density at radius 3 is 2.61 bits per heavy atom. The minimum Gasteiger partial charge on any atom is -0.324 e. The van der Waals surface area contributed by atoms with Gasteiger partial charge < -0.3 is 5.73 Å². The zero-order valence-corrected chi connectivity index (χ0v) is 12.0. The number of aromatic nitrogens is 1. The quantitative estimate of drug-likeness (QED) is 0.935. The molecular weight excluding hydrogens is 288 g/mol. The lowest BCUT2D eigenvalue weighted by atomic mass is 9.90. The molecule has 1 aromatic carbocycles. The van der Waals surface area contributed by atoms with E-state index in [1.165, 1.54) is 11.1 Å². The van der Waals surface area contributed by atoms with E-state index in [4.69, 9.17) is 5.73 Å². The molecule has 1 heterocycles. The van der Waals surface area contributed by atoms with Crippen molar-refractivity contribution in [1.82, 2.24) is 4.98 Å². The lowest BCUT2D eigenvalue weighted by Crippen LogP contribution is -2.20. The third kappa shape index (κ3) is 3.40. The maximum atomic E-state index is 6.29. The van der Waals surface area contributed by atoms with Crippen LogP contribution in [0.15, 0.2) is 53.3 Å². The van der Waals surface area contributed by atoms with Gasteiger partial charge in [0.25, 0.3) is 0 Å². The van der Waals surface area contributed by atoms with Crippen LogP contribution in [0.25, 0.3) is 0 Å². The standard InChI is InChI=1S/C15H17BrN2/c1-11(7-12-8-14(16)10-18-9-12)15(17)13-5-3-2-4-6-13/h2-6,8-11,15H,7,17H2,1H3. The van der Waals surface area contributed by atoms with Crippen LogP contribution in [0.4, 0.5) is 0 Å². The smallest absolute Gasteiger partial charge is 0.0410 e. The molecule has 0 bridgehead atoms. The molecule has 2 N–H and O–H groups in total. The zero-order valence-electron chi connectivity index (χ0n) is 10.4. The van der Waals surface area contributed by atoms with Crippen LogP contribution in [-0.4, -0.2) is 4.98 Å². The van der Waals surface area contributed by atoms with Gasteiger partial charge >= 0.3 is 0 Å². The minimum atomic E-state index is 0.0604. The van der Waals surface area contributed by atoms with Crippen molar-refractivity contribution in [3.63, 3.8) is 0 Å². The molecule has 0 saturated carbocycles. The van der Waals surface area contributed by atoms with E-state index in [-0.39, 0.29) is 6.04 Å². The Labute approximate surface area is 116 Å². The predicted octanol–water partition coefficient (Wildman–Crippen LogP) is 3.72. The van der Waals surface area contributed by atoms with Crippen LogP contribution < -0.4 is 5.73 Å². The molecule has 0 amide bonds. The Morgan fingerprint density at radius 2 is 1.94 bits per heavy atom. The number of hydrogen-bond acceptors (Lipinski definition) is 2. The second kappa shape index (κ2) is 6.12. The van der Waals surface area contributed by atoms with Crippen LogP contribution in [0.5, 0.6) is 0 Å². The summed E-state index contributed by atoms with van der Waals surface area (Å²) in [5, 5.41) is 0. The molecular formula is C15H17BrN2. The Bertz CT molecular complexity index is 499. The van der Waals surface area contributed by atoms with Gasteiger partial charge in [-0.05, 0) is 45.5 Å². The molecule has 2 aromatic rings. The Hall–Kier alpha value is -1.19. The molecule has 2 unspecified atom stereocenters. The van der Waals surface area contributed by atoms with Gasteiger partial charge in [-0.25, -0.2) is 0 Å². The van der Waals surface area contributed by atoms with Crippen molar-refractivity contribution < 1.29 is 0 Å². The number of nitrogens with two attached hydrogens (primary N) is 1. The van der Waals surface area contributed by atoms with E-state index in [9.17, 15) is 0 Å². The fourth-order valence-electron chi connectivity index (χ4n) is 2.07. The van der Waals surface area contributed by atoms with Gasteiger partial charge in [-0.3, -0.25) is 4.98 Å². The van der Waals surface area contributed by atoms with Gasteiger partial charge in [-0.1, -0.05) is 37.3 Å². The van der Waals surface area contributed by atoms with Gasteiger partial charge in [0.15, 0.2) is 0 Å². The third-order valence-electron chi connectivity index (χ3n) is 3.12. The summed E-state index contributed by atoms with van der Waals surface area (Å²) in [6, 6.07) is 12.4. The summed E-state index contributed by atoms with van der Waals surface area (Å²) < 4.78 is 1.01. The molecule has 0 saturated heterocycles. The van der Waals surface area contributed by atoms with Gasteiger partial charge in [0.2, 0.25) is 0 Å². The highest BCUT2D eigenvalue weighted by Crippen LogP contribution is 2.23. The topological polar surface area (TPSA) is 38.9 Å². The van der Waals surface area contributed by atoms with Crippen molar-refractivity contribution in [3.8, 4) is 0 Å². The largest absolute Gasteiger partial charge is 0.324 e. The van der Waals surface area contributed by atoms with Crippen LogP contribution in [0.2, 0.25) is 0 Å². The Balaban J connectivity index is 2.06. The van der Waals surface area contributed by atoms with E-state index in [1.54, 1.807) is 6.20 Å². The highest BCUT2D eigenvalue weighted by Gasteiger charge is 2.15. The fraction of sp³-hybridized carbons (Fsp3) is 0.267. The maximum Gasteiger partial charge on any atom is 0.0410 e. The molecule has 2 atom stereocenters. The molecule has 2 nitrogen and oxygen atoms in total. The van der Waals surface area contributed by atoms with Crippen molar-refractivity contribution in [2.75, 3.05) is 0 Å². The SMILES string of the molecule is CC(Cc1cncc(Br)c1)C(N)c1ccccc1. The van der Waals surface area contributed by atoms with Crippen molar-refractivity contribution in [1.29, 1.82) is 0 Å². The molecule has 94 valence electrons. The van der Waals surface area contributed by atoms with Crippen molar-refractivity contribution in [2.45, 2.75) is 19.4 Å². The van der Waals surface area contributed by atoms with E-state index >= 15 is 0 Å². The average Bonchev–Trinajstić information content (AvgIpc) is 2.39. The van der Waals surface area contributed by atoms with E-state index in [2.05, 4.69) is 46.0 Å². The van der Waals surface area contributed by atoms with Gasteiger partial charge in [0.1, 0.15) is 0 Å². The van der Waals surface area contributed by atoms with Gasteiger partial charge in [-0.2, -0.15) is 0 Å². The molecule has 1 aromatic heterocycles. The Morgan fingerprint density at radius 1 is 1.22 bits per heavy atom. The lowest BCUT2D eigenvalue weighted by Gasteiger charge is -2.20. The van der Waals surface area contributed by atoms with Gasteiger partial charge in [-0.15, -0.1) is 0 Å². The first-order valence-electron chi connectivity index (χ1n) is 6.07. The van der Waals surface area contributed by atoms with Gasteiger partial charge in [0, 0.05) is 22.9 Å². The third-order valence-corrected chi connectivity index (χ3v) is 3.55. The van der Waals surface area contributed by atoms with Crippen molar-refractivity contribution in [3.05, 3.63) is 64.4 Å². The summed E-state index contributed by atoms with van der Waals surface area (Å²) >= 11 is 3.44. The molecule has 2 rings (SSSR count). The Kier molecular flexibility index (Phi) is 4.50. The van der Waals surface area contributed by atoms with Crippen LogP contribution >= 0.6 is 15.9 Å². The van der Waals surface area contributed by atoms with Crippen LogP contribution in [0, 0.1) is 5.92 Å². The minimum absolute atomic E-state index is 0.0604. The molecule has 18 heavy (non-hydrogen) atoms. The van der Waals surface area contributed by atoms with E-state index in [0.29, 0.717) is 5.92 Å². The second-order valence-electron chi connectivity index (χ2n) is 4.63. The van der Waals surface area contributed by atoms with Crippen LogP contribution in [-0.2, 0) is 6.42 Å². The highest BCUT2D eigenvalue weighted by atomic mass is 79.9. The molecule has 0 spiro atoms. The molecule has 0 aliphatic rings. The second-order valence-corrected chi connectivity index (χ2v) is 5.54. The summed E-state index contributed by atoms with van der Waals surface area (Å²) in [6.45, 7) is 2.18. The maximum absolute atomic E-state index is 6.29. The number of rotatable bonds is 4. The highest BCUT2D eigenvalue weighted by molar-refractivity contribution is 9.10. The van der Waals surface area contributed by atoms with Crippen molar-refractivity contribution in [2.24, 2.45) is 11.7 Å². The van der Waals surface area contributed by atoms with Crippen molar-refractivity contribution >= 4 is 15.9 Å². The van der Waals surface area contributed by atoms with E-state index in [0.717, 1.165) is 10.9 Å². The first-order chi connectivity index (χ1) is 8.66.